The second-order valence-electron chi connectivity index (χ2n) is 4.09. The zero-order valence-corrected chi connectivity index (χ0v) is 9.71. The van der Waals surface area contributed by atoms with Gasteiger partial charge in [0.05, 0.1) is 5.92 Å². The minimum atomic E-state index is -0.838. The van der Waals surface area contributed by atoms with Crippen LogP contribution >= 0.6 is 0 Å². The van der Waals surface area contributed by atoms with Crippen molar-refractivity contribution in [2.45, 2.75) is 13.3 Å². The molecule has 18 heavy (non-hydrogen) atoms. The molecule has 0 spiro atoms. The van der Waals surface area contributed by atoms with E-state index in [9.17, 15) is 9.59 Å². The highest BCUT2D eigenvalue weighted by Gasteiger charge is 2.12. The third-order valence-electron chi connectivity index (χ3n) is 2.60. The van der Waals surface area contributed by atoms with Crippen LogP contribution in [0.25, 0.3) is 11.4 Å². The molecular formula is C12H12N2O4. The van der Waals surface area contributed by atoms with E-state index in [2.05, 4.69) is 14.7 Å². The van der Waals surface area contributed by atoms with Crippen molar-refractivity contribution in [3.05, 3.63) is 40.4 Å². The zero-order valence-electron chi connectivity index (χ0n) is 9.71. The average molecular weight is 248 g/mol. The molecule has 1 heterocycles. The first kappa shape index (κ1) is 12.1. The van der Waals surface area contributed by atoms with Crippen molar-refractivity contribution in [3.63, 3.8) is 0 Å². The first-order valence-corrected chi connectivity index (χ1v) is 5.44. The highest BCUT2D eigenvalue weighted by atomic mass is 16.5. The van der Waals surface area contributed by atoms with E-state index in [0.29, 0.717) is 17.8 Å². The van der Waals surface area contributed by atoms with Crippen molar-refractivity contribution >= 4 is 5.97 Å². The van der Waals surface area contributed by atoms with Gasteiger partial charge in [-0.3, -0.25) is 14.3 Å². The minimum Gasteiger partial charge on any atom is -0.481 e. The quantitative estimate of drug-likeness (QED) is 0.849. The van der Waals surface area contributed by atoms with Gasteiger partial charge in [0.2, 0.25) is 0 Å². The molecule has 0 bridgehead atoms. The number of aromatic amines is 1. The van der Waals surface area contributed by atoms with E-state index in [1.54, 1.807) is 25.1 Å². The number of aromatic nitrogens is 2. The normalized spacial score (nSPS) is 12.3. The molecule has 2 rings (SSSR count). The molecule has 94 valence electrons. The summed E-state index contributed by atoms with van der Waals surface area (Å²) in [7, 11) is 0. The van der Waals surface area contributed by atoms with Crippen LogP contribution in [-0.2, 0) is 11.2 Å². The number of nitrogens with zero attached hydrogens (tertiary/aromatic N) is 1. The Labute approximate surface area is 102 Å². The number of rotatable bonds is 4. The van der Waals surface area contributed by atoms with Crippen LogP contribution in [-0.4, -0.2) is 21.2 Å². The Morgan fingerprint density at radius 2 is 2.33 bits per heavy atom. The predicted molar refractivity (Wildman–Crippen MR) is 63.1 cm³/mol. The maximum atomic E-state index is 10.9. The summed E-state index contributed by atoms with van der Waals surface area (Å²) in [6.45, 7) is 1.65. The smallest absolute Gasteiger partial charge is 0.439 e. The van der Waals surface area contributed by atoms with Gasteiger partial charge in [-0.2, -0.15) is 0 Å². The van der Waals surface area contributed by atoms with E-state index in [-0.39, 0.29) is 0 Å². The molecule has 0 aliphatic rings. The van der Waals surface area contributed by atoms with Crippen LogP contribution in [0.5, 0.6) is 0 Å². The number of hydrogen-bond acceptors (Lipinski definition) is 4. The molecule has 1 unspecified atom stereocenters. The van der Waals surface area contributed by atoms with Gasteiger partial charge in [0, 0.05) is 5.56 Å². The largest absolute Gasteiger partial charge is 0.481 e. The Morgan fingerprint density at radius 1 is 1.56 bits per heavy atom. The van der Waals surface area contributed by atoms with E-state index >= 15 is 0 Å². The van der Waals surface area contributed by atoms with Crippen LogP contribution < -0.4 is 5.76 Å². The molecule has 0 fully saturated rings. The standard InChI is InChI=1S/C12H12N2O4/c1-7(11(15)16)5-8-3-2-4-9(6-8)10-13-12(17)18-14-10/h2-4,6-7H,5H2,1H3,(H,15,16)(H,13,14,17). The molecule has 1 atom stereocenters. The molecule has 2 aromatic rings. The number of aliphatic carboxylic acids is 1. The lowest BCUT2D eigenvalue weighted by Crippen LogP contribution is -2.12. The summed E-state index contributed by atoms with van der Waals surface area (Å²) >= 11 is 0. The average Bonchev–Trinajstić information content (AvgIpc) is 2.76. The number of H-pyrrole nitrogens is 1. The molecule has 0 saturated heterocycles. The molecular weight excluding hydrogens is 236 g/mol. The van der Waals surface area contributed by atoms with Crippen molar-refractivity contribution in [1.29, 1.82) is 0 Å². The van der Waals surface area contributed by atoms with Crippen LogP contribution in [0.3, 0.4) is 0 Å². The number of carboxylic acid groups (broad SMARTS) is 1. The number of carbonyl (C=O) groups is 1. The van der Waals surface area contributed by atoms with Gasteiger partial charge in [-0.1, -0.05) is 30.3 Å². The third kappa shape index (κ3) is 2.65. The minimum absolute atomic E-state index is 0.338. The number of nitrogens with one attached hydrogen (secondary N) is 1. The molecule has 0 amide bonds. The highest BCUT2D eigenvalue weighted by Crippen LogP contribution is 2.17. The van der Waals surface area contributed by atoms with Gasteiger partial charge in [-0.05, 0) is 18.1 Å². The molecule has 0 saturated carbocycles. The van der Waals surface area contributed by atoms with Gasteiger partial charge in [0.15, 0.2) is 5.82 Å². The Morgan fingerprint density at radius 3 is 2.94 bits per heavy atom. The molecule has 0 aliphatic carbocycles. The maximum Gasteiger partial charge on any atom is 0.439 e. The zero-order chi connectivity index (χ0) is 13.1. The Hall–Kier alpha value is -2.37. The lowest BCUT2D eigenvalue weighted by molar-refractivity contribution is -0.141. The van der Waals surface area contributed by atoms with Crippen molar-refractivity contribution in [3.8, 4) is 11.4 Å². The Kier molecular flexibility index (Phi) is 3.27. The van der Waals surface area contributed by atoms with Gasteiger partial charge in [-0.25, -0.2) is 4.79 Å². The summed E-state index contributed by atoms with van der Waals surface area (Å²) in [6, 6.07) is 7.17. The summed E-state index contributed by atoms with van der Waals surface area (Å²) in [5, 5.41) is 12.4. The first-order chi connectivity index (χ1) is 8.56. The third-order valence-corrected chi connectivity index (χ3v) is 2.60. The van der Waals surface area contributed by atoms with E-state index in [4.69, 9.17) is 5.11 Å². The van der Waals surface area contributed by atoms with Crippen LogP contribution in [0.2, 0.25) is 0 Å². The lowest BCUT2D eigenvalue weighted by Gasteiger charge is -2.06. The number of benzene rings is 1. The Balaban J connectivity index is 2.25. The van der Waals surface area contributed by atoms with Gasteiger partial charge < -0.3 is 5.11 Å². The second-order valence-corrected chi connectivity index (χ2v) is 4.09. The van der Waals surface area contributed by atoms with E-state index in [1.807, 2.05) is 6.07 Å². The maximum absolute atomic E-state index is 10.9. The van der Waals surface area contributed by atoms with Crippen LogP contribution in [0.15, 0.2) is 33.6 Å². The van der Waals surface area contributed by atoms with Crippen molar-refractivity contribution in [1.82, 2.24) is 10.1 Å². The lowest BCUT2D eigenvalue weighted by atomic mass is 9.99. The van der Waals surface area contributed by atoms with Crippen LogP contribution in [0.1, 0.15) is 12.5 Å². The topological polar surface area (TPSA) is 96.2 Å². The van der Waals surface area contributed by atoms with E-state index in [0.717, 1.165) is 5.56 Å². The summed E-state index contributed by atoms with van der Waals surface area (Å²) in [4.78, 5) is 24.1. The van der Waals surface area contributed by atoms with Gasteiger partial charge >= 0.3 is 11.7 Å². The summed E-state index contributed by atoms with van der Waals surface area (Å²) in [5.74, 6) is -1.58. The summed E-state index contributed by atoms with van der Waals surface area (Å²) in [5.41, 5.74) is 1.56. The fraction of sp³-hybridized carbons (Fsp3) is 0.250. The van der Waals surface area contributed by atoms with Crippen molar-refractivity contribution in [2.75, 3.05) is 0 Å². The molecule has 2 N–H and O–H groups in total. The molecule has 1 aromatic carbocycles. The monoisotopic (exact) mass is 248 g/mol. The number of carboxylic acids is 1. The van der Waals surface area contributed by atoms with Crippen molar-refractivity contribution in [2.24, 2.45) is 5.92 Å². The van der Waals surface area contributed by atoms with E-state index in [1.165, 1.54) is 0 Å². The predicted octanol–water partition coefficient (Wildman–Crippen LogP) is 1.29. The van der Waals surface area contributed by atoms with Gasteiger partial charge in [0.25, 0.3) is 0 Å². The molecule has 0 aliphatic heterocycles. The molecule has 6 nitrogen and oxygen atoms in total. The highest BCUT2D eigenvalue weighted by molar-refractivity contribution is 5.70. The summed E-state index contributed by atoms with van der Waals surface area (Å²) < 4.78 is 4.42. The molecule has 0 radical (unpaired) electrons. The summed E-state index contributed by atoms with van der Waals surface area (Å²) in [6.07, 6.45) is 0.422. The number of hydrogen-bond donors (Lipinski definition) is 2. The Bertz CT molecular complexity index is 614. The molecule has 1 aromatic heterocycles. The van der Waals surface area contributed by atoms with Crippen LogP contribution in [0.4, 0.5) is 0 Å². The SMILES string of the molecule is CC(Cc1cccc(-c2noc(=O)[nH]2)c1)C(=O)O. The molecule has 6 heteroatoms. The van der Waals surface area contributed by atoms with Crippen LogP contribution in [0, 0.1) is 5.92 Å². The van der Waals surface area contributed by atoms with E-state index < -0.39 is 17.6 Å². The first-order valence-electron chi connectivity index (χ1n) is 5.44. The fourth-order valence-corrected chi connectivity index (χ4v) is 1.64. The van der Waals surface area contributed by atoms with Gasteiger partial charge in [-0.15, -0.1) is 0 Å². The fourth-order valence-electron chi connectivity index (χ4n) is 1.64. The van der Waals surface area contributed by atoms with Gasteiger partial charge in [0.1, 0.15) is 0 Å². The van der Waals surface area contributed by atoms with Crippen molar-refractivity contribution < 1.29 is 14.4 Å². The second kappa shape index (κ2) is 4.87.